The maximum atomic E-state index is 11.8. The van der Waals surface area contributed by atoms with Crippen LogP contribution in [-0.4, -0.2) is 15.0 Å². The molecule has 0 unspecified atom stereocenters. The topological polar surface area (TPSA) is 43.4 Å². The lowest BCUT2D eigenvalue weighted by Crippen LogP contribution is -2.11. The molecule has 0 heterocycles. The molecule has 0 atom stereocenters. The second-order valence-corrected chi connectivity index (χ2v) is 7.18. The van der Waals surface area contributed by atoms with Crippen LogP contribution >= 0.6 is 31.9 Å². The first-order valence-electron chi connectivity index (χ1n) is 4.67. The summed E-state index contributed by atoms with van der Waals surface area (Å²) in [6.07, 6.45) is 0. The van der Waals surface area contributed by atoms with Gasteiger partial charge in [-0.3, -0.25) is 4.18 Å². The molecule has 16 heavy (non-hydrogen) atoms. The fraction of sp³-hybridized carbons (Fsp3) is 0.400. The summed E-state index contributed by atoms with van der Waals surface area (Å²) in [5, 5.41) is 0. The zero-order valence-electron chi connectivity index (χ0n) is 8.91. The largest absolute Gasteiger partial charge is 0.297 e. The van der Waals surface area contributed by atoms with Crippen LogP contribution in [0.15, 0.2) is 32.0 Å². The van der Waals surface area contributed by atoms with Crippen molar-refractivity contribution in [1.82, 2.24) is 0 Å². The fourth-order valence-corrected chi connectivity index (χ4v) is 3.69. The van der Waals surface area contributed by atoms with Gasteiger partial charge in [-0.25, -0.2) is 0 Å². The minimum Gasteiger partial charge on any atom is -0.266 e. The Morgan fingerprint density at radius 1 is 1.19 bits per heavy atom. The van der Waals surface area contributed by atoms with Gasteiger partial charge in [0, 0.05) is 8.95 Å². The normalized spacial score (nSPS) is 12.1. The van der Waals surface area contributed by atoms with Crippen LogP contribution in [0, 0.1) is 5.92 Å². The molecule has 3 nitrogen and oxygen atoms in total. The molecule has 0 aliphatic rings. The quantitative estimate of drug-likeness (QED) is 0.760. The summed E-state index contributed by atoms with van der Waals surface area (Å²) in [6, 6.07) is 4.79. The SMILES string of the molecule is CC(C)COS(=O)(=O)c1cc(Br)cc(Br)c1. The van der Waals surface area contributed by atoms with Crippen LogP contribution < -0.4 is 0 Å². The summed E-state index contributed by atoms with van der Waals surface area (Å²) >= 11 is 6.47. The summed E-state index contributed by atoms with van der Waals surface area (Å²) in [5.74, 6) is 0.172. The van der Waals surface area contributed by atoms with Gasteiger partial charge in [-0.15, -0.1) is 0 Å². The highest BCUT2D eigenvalue weighted by atomic mass is 79.9. The van der Waals surface area contributed by atoms with Gasteiger partial charge < -0.3 is 0 Å². The van der Waals surface area contributed by atoms with Crippen LogP contribution in [0.1, 0.15) is 13.8 Å². The van der Waals surface area contributed by atoms with Gasteiger partial charge in [0.05, 0.1) is 11.5 Å². The van der Waals surface area contributed by atoms with E-state index in [-0.39, 0.29) is 17.4 Å². The Hall–Kier alpha value is 0.0900. The molecular formula is C10H12Br2O3S. The summed E-state index contributed by atoms with van der Waals surface area (Å²) in [7, 11) is -3.66. The van der Waals surface area contributed by atoms with Crippen molar-refractivity contribution in [2.75, 3.05) is 6.61 Å². The minimum atomic E-state index is -3.66. The highest BCUT2D eigenvalue weighted by Crippen LogP contribution is 2.24. The lowest BCUT2D eigenvalue weighted by molar-refractivity contribution is 0.275. The Balaban J connectivity index is 2.98. The van der Waals surface area contributed by atoms with E-state index in [1.165, 1.54) is 12.1 Å². The molecule has 6 heteroatoms. The Labute approximate surface area is 113 Å². The molecule has 0 radical (unpaired) electrons. The first kappa shape index (κ1) is 14.2. The summed E-state index contributed by atoms with van der Waals surface area (Å²) in [5.41, 5.74) is 0. The highest BCUT2D eigenvalue weighted by Gasteiger charge is 2.16. The summed E-state index contributed by atoms with van der Waals surface area (Å²) in [4.78, 5) is 0.148. The van der Waals surface area contributed by atoms with Crippen molar-refractivity contribution >= 4 is 42.0 Å². The van der Waals surface area contributed by atoms with E-state index in [0.29, 0.717) is 8.95 Å². The van der Waals surface area contributed by atoms with Crippen LogP contribution in [-0.2, 0) is 14.3 Å². The molecule has 0 aromatic heterocycles. The Morgan fingerprint density at radius 3 is 2.12 bits per heavy atom. The predicted octanol–water partition coefficient (Wildman–Crippen LogP) is 3.57. The zero-order chi connectivity index (χ0) is 12.3. The second-order valence-electron chi connectivity index (χ2n) is 3.74. The van der Waals surface area contributed by atoms with Gasteiger partial charge in [0.15, 0.2) is 0 Å². The van der Waals surface area contributed by atoms with Gasteiger partial charge >= 0.3 is 0 Å². The lowest BCUT2D eigenvalue weighted by Gasteiger charge is -2.08. The van der Waals surface area contributed by atoms with Gasteiger partial charge in [-0.2, -0.15) is 8.42 Å². The summed E-state index contributed by atoms with van der Waals surface area (Å²) in [6.45, 7) is 3.98. The molecule has 0 aliphatic heterocycles. The molecular weight excluding hydrogens is 360 g/mol. The van der Waals surface area contributed by atoms with E-state index in [9.17, 15) is 8.42 Å². The molecule has 1 rings (SSSR count). The standard InChI is InChI=1S/C10H12Br2O3S/c1-7(2)6-15-16(13,14)10-4-8(11)3-9(12)5-10/h3-5,7H,6H2,1-2H3. The van der Waals surface area contributed by atoms with Gasteiger partial charge in [-0.05, 0) is 24.1 Å². The van der Waals surface area contributed by atoms with E-state index in [4.69, 9.17) is 4.18 Å². The summed E-state index contributed by atoms with van der Waals surface area (Å²) < 4.78 is 29.8. The van der Waals surface area contributed by atoms with Crippen LogP contribution in [0.2, 0.25) is 0 Å². The van der Waals surface area contributed by atoms with Crippen molar-refractivity contribution in [1.29, 1.82) is 0 Å². The predicted molar refractivity (Wildman–Crippen MR) is 69.8 cm³/mol. The molecule has 90 valence electrons. The number of hydrogen-bond donors (Lipinski definition) is 0. The lowest BCUT2D eigenvalue weighted by atomic mass is 10.2. The molecule has 1 aromatic carbocycles. The van der Waals surface area contributed by atoms with Gasteiger partial charge in [0.1, 0.15) is 0 Å². The van der Waals surface area contributed by atoms with Crippen LogP contribution in [0.25, 0.3) is 0 Å². The molecule has 1 aromatic rings. The Kier molecular flexibility index (Phi) is 4.97. The van der Waals surface area contributed by atoms with Gasteiger partial charge in [-0.1, -0.05) is 45.7 Å². The van der Waals surface area contributed by atoms with E-state index in [0.717, 1.165) is 0 Å². The zero-order valence-corrected chi connectivity index (χ0v) is 12.9. The van der Waals surface area contributed by atoms with E-state index in [2.05, 4.69) is 31.9 Å². The molecule has 0 bridgehead atoms. The van der Waals surface area contributed by atoms with E-state index in [1.807, 2.05) is 13.8 Å². The molecule has 0 spiro atoms. The van der Waals surface area contributed by atoms with Crippen molar-refractivity contribution < 1.29 is 12.6 Å². The van der Waals surface area contributed by atoms with E-state index in [1.54, 1.807) is 6.07 Å². The third kappa shape index (κ3) is 4.16. The van der Waals surface area contributed by atoms with Gasteiger partial charge in [0.2, 0.25) is 0 Å². The number of benzene rings is 1. The molecule has 0 aliphatic carbocycles. The average Bonchev–Trinajstić information content (AvgIpc) is 2.13. The van der Waals surface area contributed by atoms with Crippen molar-refractivity contribution in [2.45, 2.75) is 18.7 Å². The van der Waals surface area contributed by atoms with Crippen molar-refractivity contribution in [3.63, 3.8) is 0 Å². The molecule has 0 fully saturated rings. The third-order valence-corrected chi connectivity index (χ3v) is 3.86. The van der Waals surface area contributed by atoms with Gasteiger partial charge in [0.25, 0.3) is 10.1 Å². The average molecular weight is 372 g/mol. The molecule has 0 saturated carbocycles. The monoisotopic (exact) mass is 370 g/mol. The number of hydrogen-bond acceptors (Lipinski definition) is 3. The maximum Gasteiger partial charge on any atom is 0.297 e. The van der Waals surface area contributed by atoms with E-state index < -0.39 is 10.1 Å². The molecule has 0 amide bonds. The first-order valence-corrected chi connectivity index (χ1v) is 7.66. The fourth-order valence-electron chi connectivity index (χ4n) is 0.967. The van der Waals surface area contributed by atoms with Crippen LogP contribution in [0.3, 0.4) is 0 Å². The third-order valence-electron chi connectivity index (χ3n) is 1.68. The molecule has 0 saturated heterocycles. The van der Waals surface area contributed by atoms with Crippen LogP contribution in [0.5, 0.6) is 0 Å². The Morgan fingerprint density at radius 2 is 1.69 bits per heavy atom. The van der Waals surface area contributed by atoms with Crippen molar-refractivity contribution in [2.24, 2.45) is 5.92 Å². The smallest absolute Gasteiger partial charge is 0.266 e. The highest BCUT2D eigenvalue weighted by molar-refractivity contribution is 9.11. The molecule has 0 N–H and O–H groups in total. The van der Waals surface area contributed by atoms with E-state index >= 15 is 0 Å². The van der Waals surface area contributed by atoms with Crippen molar-refractivity contribution in [3.8, 4) is 0 Å². The number of rotatable bonds is 4. The van der Waals surface area contributed by atoms with Crippen molar-refractivity contribution in [3.05, 3.63) is 27.1 Å². The van der Waals surface area contributed by atoms with Crippen LogP contribution in [0.4, 0.5) is 0 Å². The Bertz CT molecular complexity index is 449. The second kappa shape index (κ2) is 5.62. The number of halogens is 2. The first-order chi connectivity index (χ1) is 7.31. The minimum absolute atomic E-state index is 0.148. The maximum absolute atomic E-state index is 11.8.